The van der Waals surface area contributed by atoms with E-state index >= 15 is 0 Å². The molecule has 4 nitrogen and oxygen atoms in total. The number of carbonyl (C=O) groups is 1. The average molecular weight is 334 g/mol. The maximum atomic E-state index is 12.1. The molecule has 0 unspecified atom stereocenters. The van der Waals surface area contributed by atoms with E-state index in [0.717, 1.165) is 38.5 Å². The van der Waals surface area contributed by atoms with Gasteiger partial charge in [-0.25, -0.2) is 0 Å². The lowest BCUT2D eigenvalue weighted by Gasteiger charge is -2.68. The molecule has 0 amide bonds. The van der Waals surface area contributed by atoms with Crippen molar-refractivity contribution in [3.63, 3.8) is 0 Å². The van der Waals surface area contributed by atoms with Gasteiger partial charge in [-0.05, 0) is 63.7 Å². The van der Waals surface area contributed by atoms with E-state index in [1.54, 1.807) is 0 Å². The fourth-order valence-electron chi connectivity index (χ4n) is 7.61. The maximum Gasteiger partial charge on any atom is 0.309 e. The summed E-state index contributed by atoms with van der Waals surface area (Å²) >= 11 is 0. The monoisotopic (exact) mass is 334 g/mol. The lowest BCUT2D eigenvalue weighted by atomic mass is 9.38. The Hall–Kier alpha value is -0.870. The second-order valence-corrected chi connectivity index (χ2v) is 9.62. The molecule has 0 heterocycles. The van der Waals surface area contributed by atoms with Crippen molar-refractivity contribution >= 4 is 5.97 Å². The number of aliphatic carboxylic acids is 1. The highest BCUT2D eigenvalue weighted by Gasteiger charge is 2.75. The van der Waals surface area contributed by atoms with Gasteiger partial charge in [-0.1, -0.05) is 25.5 Å². The summed E-state index contributed by atoms with van der Waals surface area (Å²) in [5, 5.41) is 33.0. The molecule has 7 atom stereocenters. The fraction of sp³-hybridized carbons (Fsp3) is 0.850. The van der Waals surface area contributed by atoms with Crippen LogP contribution >= 0.6 is 0 Å². The van der Waals surface area contributed by atoms with Gasteiger partial charge < -0.3 is 15.3 Å². The van der Waals surface area contributed by atoms with Gasteiger partial charge in [-0.3, -0.25) is 4.79 Å². The highest BCUT2D eigenvalue weighted by Crippen LogP contribution is 2.73. The molecule has 0 aliphatic heterocycles. The molecule has 24 heavy (non-hydrogen) atoms. The zero-order valence-corrected chi connectivity index (χ0v) is 14.8. The van der Waals surface area contributed by atoms with Crippen LogP contribution < -0.4 is 0 Å². The fourth-order valence-corrected chi connectivity index (χ4v) is 7.61. The highest BCUT2D eigenvalue weighted by atomic mass is 16.4. The molecule has 4 rings (SSSR count). The van der Waals surface area contributed by atoms with E-state index < -0.39 is 28.5 Å². The van der Waals surface area contributed by atoms with Crippen LogP contribution in [0.4, 0.5) is 0 Å². The number of hydrogen-bond acceptors (Lipinski definition) is 3. The largest absolute Gasteiger partial charge is 0.481 e. The van der Waals surface area contributed by atoms with E-state index in [4.69, 9.17) is 0 Å². The van der Waals surface area contributed by atoms with E-state index in [2.05, 4.69) is 13.5 Å². The summed E-state index contributed by atoms with van der Waals surface area (Å²) in [4.78, 5) is 12.1. The van der Waals surface area contributed by atoms with Crippen molar-refractivity contribution in [3.8, 4) is 0 Å². The summed E-state index contributed by atoms with van der Waals surface area (Å²) in [6.07, 6.45) is 5.38. The molecule has 0 aromatic rings. The van der Waals surface area contributed by atoms with E-state index in [-0.39, 0.29) is 11.3 Å². The van der Waals surface area contributed by atoms with Crippen LogP contribution in [0.25, 0.3) is 0 Å². The van der Waals surface area contributed by atoms with Crippen molar-refractivity contribution in [1.29, 1.82) is 0 Å². The number of carboxylic acids is 1. The Labute approximate surface area is 144 Å². The zero-order chi connectivity index (χ0) is 17.5. The summed E-state index contributed by atoms with van der Waals surface area (Å²) in [5.74, 6) is -0.529. The first-order valence-electron chi connectivity index (χ1n) is 9.42. The summed E-state index contributed by atoms with van der Waals surface area (Å²) in [7, 11) is 0. The lowest BCUT2D eigenvalue weighted by Crippen LogP contribution is -2.73. The Morgan fingerprint density at radius 1 is 1.25 bits per heavy atom. The van der Waals surface area contributed by atoms with Crippen LogP contribution in [-0.2, 0) is 4.79 Å². The summed E-state index contributed by atoms with van der Waals surface area (Å²) in [6.45, 7) is 8.13. The molecule has 0 saturated heterocycles. The van der Waals surface area contributed by atoms with E-state index in [9.17, 15) is 20.1 Å². The minimum atomic E-state index is -1.20. The van der Waals surface area contributed by atoms with E-state index in [1.165, 1.54) is 5.57 Å². The van der Waals surface area contributed by atoms with Crippen LogP contribution in [0.15, 0.2) is 12.2 Å². The van der Waals surface area contributed by atoms with Crippen LogP contribution in [0.1, 0.15) is 65.2 Å². The van der Waals surface area contributed by atoms with Crippen molar-refractivity contribution in [3.05, 3.63) is 12.2 Å². The van der Waals surface area contributed by atoms with Gasteiger partial charge in [0.25, 0.3) is 0 Å². The first-order chi connectivity index (χ1) is 11.1. The molecule has 4 aliphatic rings. The van der Waals surface area contributed by atoms with Crippen molar-refractivity contribution in [2.45, 2.75) is 76.9 Å². The molecule has 4 heteroatoms. The van der Waals surface area contributed by atoms with Crippen LogP contribution in [0.2, 0.25) is 0 Å². The van der Waals surface area contributed by atoms with Crippen molar-refractivity contribution in [1.82, 2.24) is 0 Å². The van der Waals surface area contributed by atoms with Gasteiger partial charge in [0.05, 0.1) is 11.5 Å². The Kier molecular flexibility index (Phi) is 3.21. The smallest absolute Gasteiger partial charge is 0.309 e. The predicted octanol–water partition coefficient (Wildman–Crippen LogP) is 3.13. The Bertz CT molecular complexity index is 615. The molecule has 4 aliphatic carbocycles. The first kappa shape index (κ1) is 16.6. The van der Waals surface area contributed by atoms with Gasteiger partial charge >= 0.3 is 5.97 Å². The number of hydrogen-bond donors (Lipinski definition) is 3. The third-order valence-corrected chi connectivity index (χ3v) is 8.78. The van der Waals surface area contributed by atoms with Crippen LogP contribution in [0.3, 0.4) is 0 Å². The number of aliphatic hydroxyl groups excluding tert-OH is 1. The Morgan fingerprint density at radius 3 is 2.62 bits per heavy atom. The molecular formula is C20H30O4. The first-order valence-corrected chi connectivity index (χ1v) is 9.42. The van der Waals surface area contributed by atoms with Crippen molar-refractivity contribution < 1.29 is 20.1 Å². The average Bonchev–Trinajstić information content (AvgIpc) is 2.77. The molecule has 134 valence electrons. The Balaban J connectivity index is 1.86. The van der Waals surface area contributed by atoms with Crippen LogP contribution in [-0.4, -0.2) is 33.0 Å². The molecule has 2 bridgehead atoms. The quantitative estimate of drug-likeness (QED) is 0.644. The van der Waals surface area contributed by atoms with Gasteiger partial charge in [0, 0.05) is 10.8 Å². The van der Waals surface area contributed by atoms with Crippen molar-refractivity contribution in [2.75, 3.05) is 0 Å². The molecule has 4 fully saturated rings. The molecule has 0 aromatic carbocycles. The lowest BCUT2D eigenvalue weighted by molar-refractivity contribution is -0.298. The van der Waals surface area contributed by atoms with Crippen molar-refractivity contribution in [2.24, 2.45) is 28.1 Å². The number of fused-ring (bicyclic) bond motifs is 3. The number of aliphatic hydroxyl groups is 2. The summed E-state index contributed by atoms with van der Waals surface area (Å²) < 4.78 is 0. The summed E-state index contributed by atoms with van der Waals surface area (Å²) in [5.41, 5.74) is -1.70. The number of allylic oxidation sites excluding steroid dienone is 1. The topological polar surface area (TPSA) is 77.8 Å². The minimum absolute atomic E-state index is 0.0908. The molecular weight excluding hydrogens is 304 g/mol. The third-order valence-electron chi connectivity index (χ3n) is 8.78. The van der Waals surface area contributed by atoms with Gasteiger partial charge in [-0.15, -0.1) is 0 Å². The number of rotatable bonds is 1. The molecule has 3 N–H and O–H groups in total. The van der Waals surface area contributed by atoms with Gasteiger partial charge in [-0.2, -0.15) is 0 Å². The van der Waals surface area contributed by atoms with Crippen LogP contribution in [0, 0.1) is 28.1 Å². The van der Waals surface area contributed by atoms with E-state index in [0.29, 0.717) is 18.8 Å². The molecule has 1 spiro atoms. The van der Waals surface area contributed by atoms with Gasteiger partial charge in [0.2, 0.25) is 0 Å². The SMILES string of the molecule is C=C1C[C@@]23CC[C@@H]4[C@](C)(C(=O)O)CCC[C@@]4(C)[C@@]2(O)[C@H](O)C[C@@H]1C3. The standard InChI is InChI=1S/C20H30O4/c1-12-10-19-8-5-14-17(2,16(22)23)6-4-7-18(14,3)20(19,24)15(21)9-13(12)11-19/h13-15,21,24H,1,4-11H2,2-3H3,(H,22,23)/t13-,14-,15-,17-,18-,19-,20+/m1/s1. The molecule has 0 radical (unpaired) electrons. The minimum Gasteiger partial charge on any atom is -0.481 e. The zero-order valence-electron chi connectivity index (χ0n) is 14.8. The van der Waals surface area contributed by atoms with E-state index in [1.807, 2.05) is 6.92 Å². The summed E-state index contributed by atoms with van der Waals surface area (Å²) in [6, 6.07) is 0. The number of carboxylic acid groups (broad SMARTS) is 1. The highest BCUT2D eigenvalue weighted by molar-refractivity contribution is 5.75. The normalized spacial score (nSPS) is 56.5. The third kappa shape index (κ3) is 1.60. The second-order valence-electron chi connectivity index (χ2n) is 9.62. The Morgan fingerprint density at radius 2 is 1.96 bits per heavy atom. The maximum absolute atomic E-state index is 12.1. The predicted molar refractivity (Wildman–Crippen MR) is 90.3 cm³/mol. The van der Waals surface area contributed by atoms with Gasteiger partial charge in [0.1, 0.15) is 5.60 Å². The van der Waals surface area contributed by atoms with Gasteiger partial charge in [0.15, 0.2) is 0 Å². The van der Waals surface area contributed by atoms with Crippen LogP contribution in [0.5, 0.6) is 0 Å². The molecule has 0 aromatic heterocycles. The second kappa shape index (κ2) is 4.64. The molecule has 4 saturated carbocycles.